The summed E-state index contributed by atoms with van der Waals surface area (Å²) >= 11 is 0. The number of hydrogen-bond acceptors (Lipinski definition) is 8. The zero-order valence-electron chi connectivity index (χ0n) is 14.7. The lowest BCUT2D eigenvalue weighted by atomic mass is 10.3. The highest BCUT2D eigenvalue weighted by Gasteiger charge is 2.26. The van der Waals surface area contributed by atoms with Crippen molar-refractivity contribution in [2.24, 2.45) is 10.3 Å². The van der Waals surface area contributed by atoms with Crippen LogP contribution in [0.1, 0.15) is 18.5 Å². The topological polar surface area (TPSA) is 132 Å². The van der Waals surface area contributed by atoms with Crippen molar-refractivity contribution in [3.8, 4) is 11.8 Å². The van der Waals surface area contributed by atoms with Crippen LogP contribution in [-0.4, -0.2) is 47.6 Å². The van der Waals surface area contributed by atoms with E-state index >= 15 is 0 Å². The molecule has 1 amide bonds. The van der Waals surface area contributed by atoms with Gasteiger partial charge < -0.3 is 10.6 Å². The molecule has 1 fully saturated rings. The zero-order valence-corrected chi connectivity index (χ0v) is 15.5. The number of aromatic nitrogens is 5. The summed E-state index contributed by atoms with van der Waals surface area (Å²) in [4.78, 5) is 26.4. The first-order valence-corrected chi connectivity index (χ1v) is 10.4. The molecule has 10 nitrogen and oxygen atoms in total. The van der Waals surface area contributed by atoms with Crippen LogP contribution >= 0.6 is 0 Å². The van der Waals surface area contributed by atoms with E-state index in [2.05, 4.69) is 36.3 Å². The van der Waals surface area contributed by atoms with Crippen LogP contribution in [0.15, 0.2) is 21.8 Å². The zero-order chi connectivity index (χ0) is 19.0. The Labute approximate surface area is 156 Å². The van der Waals surface area contributed by atoms with E-state index in [1.807, 2.05) is 4.90 Å². The number of nitrogens with zero attached hydrogens (tertiary/aromatic N) is 7. The van der Waals surface area contributed by atoms with E-state index in [1.54, 1.807) is 4.68 Å². The molecule has 0 bridgehead atoms. The molecule has 0 saturated heterocycles. The van der Waals surface area contributed by atoms with E-state index in [9.17, 15) is 9.00 Å². The summed E-state index contributed by atoms with van der Waals surface area (Å²) in [6.45, 7) is 1.55. The number of amides is 1. The van der Waals surface area contributed by atoms with Gasteiger partial charge in [-0.2, -0.15) is 10.1 Å². The molecule has 1 atom stereocenters. The average molecular weight is 386 g/mol. The molecular formula is C16H18N8O2S. The van der Waals surface area contributed by atoms with Crippen molar-refractivity contribution in [2.75, 3.05) is 23.4 Å². The number of rotatable bonds is 2. The summed E-state index contributed by atoms with van der Waals surface area (Å²) in [7, 11) is -2.96. The van der Waals surface area contributed by atoms with E-state index < -0.39 is 15.6 Å². The number of hydrogen-bond donors (Lipinski definition) is 1. The van der Waals surface area contributed by atoms with E-state index in [-0.39, 0.29) is 11.9 Å². The van der Waals surface area contributed by atoms with Crippen molar-refractivity contribution in [2.45, 2.75) is 30.8 Å². The third-order valence-electron chi connectivity index (χ3n) is 4.32. The minimum absolute atomic E-state index is 0.133. The second kappa shape index (κ2) is 6.62. The fraction of sp³-hybridized carbons (Fsp3) is 0.438. The van der Waals surface area contributed by atoms with E-state index in [0.717, 1.165) is 12.8 Å². The van der Waals surface area contributed by atoms with Gasteiger partial charge in [-0.15, -0.1) is 4.36 Å². The van der Waals surface area contributed by atoms with Crippen molar-refractivity contribution in [3.05, 3.63) is 18.2 Å². The van der Waals surface area contributed by atoms with Gasteiger partial charge in [0.1, 0.15) is 6.33 Å². The molecule has 3 heterocycles. The Kier molecular flexibility index (Phi) is 4.27. The fourth-order valence-corrected chi connectivity index (χ4v) is 4.09. The minimum Gasteiger partial charge on any atom is -0.368 e. The van der Waals surface area contributed by atoms with E-state index in [4.69, 9.17) is 5.73 Å². The Morgan fingerprint density at radius 2 is 2.19 bits per heavy atom. The molecule has 4 rings (SSSR count). The van der Waals surface area contributed by atoms with Gasteiger partial charge in [0.05, 0.1) is 39.6 Å². The average Bonchev–Trinajstić information content (AvgIpc) is 3.35. The number of carbonyl (C=O) groups excluding carboxylic acids is 1. The maximum absolute atomic E-state index is 13.1. The predicted octanol–water partition coefficient (Wildman–Crippen LogP) is 0.0672. The maximum atomic E-state index is 13.1. The predicted molar refractivity (Wildman–Crippen MR) is 97.8 cm³/mol. The molecule has 140 valence electrons. The smallest absolute Gasteiger partial charge is 0.330 e. The van der Waals surface area contributed by atoms with Gasteiger partial charge >= 0.3 is 5.91 Å². The highest BCUT2D eigenvalue weighted by molar-refractivity contribution is 7.93. The number of nitrogens with two attached hydrogens (primary N) is 1. The van der Waals surface area contributed by atoms with Crippen LogP contribution in [-0.2, 0) is 27.6 Å². The summed E-state index contributed by atoms with van der Waals surface area (Å²) in [5, 5.41) is 4.29. The van der Waals surface area contributed by atoms with Crippen LogP contribution in [0.25, 0.3) is 0 Å². The standard InChI is InChI=1S/C16H18N8O2S/c1-27(26,22-14(25)5-4-11-2-3-11)13-8-20-24-7-6-23(9-12(13)24)16-19-10-18-15(17)21-16/h8,10-11H,2-3,6-7,9H2,1H3,(H2,17,18,19,21). The molecule has 2 aromatic heterocycles. The SMILES string of the molecule is CS(=O)(=NC(=O)C#CC1CC1)c1cnn2c1CN(c1ncnc(N)n1)CC2. The van der Waals surface area contributed by atoms with Crippen LogP contribution in [0.2, 0.25) is 0 Å². The van der Waals surface area contributed by atoms with Crippen molar-refractivity contribution in [3.63, 3.8) is 0 Å². The quantitative estimate of drug-likeness (QED) is 0.717. The van der Waals surface area contributed by atoms with Gasteiger partial charge in [-0.1, -0.05) is 5.92 Å². The lowest BCUT2D eigenvalue weighted by molar-refractivity contribution is -0.112. The Bertz CT molecular complexity index is 1090. The first-order chi connectivity index (χ1) is 12.9. The van der Waals surface area contributed by atoms with E-state index in [0.29, 0.717) is 36.2 Å². The molecule has 27 heavy (non-hydrogen) atoms. The Morgan fingerprint density at radius 1 is 1.37 bits per heavy atom. The molecule has 2 aliphatic rings. The third kappa shape index (κ3) is 3.75. The molecule has 0 spiro atoms. The molecule has 2 N–H and O–H groups in total. The van der Waals surface area contributed by atoms with Gasteiger partial charge in [-0.25, -0.2) is 14.2 Å². The Balaban J connectivity index is 1.63. The largest absolute Gasteiger partial charge is 0.368 e. The summed E-state index contributed by atoms with van der Waals surface area (Å²) < 4.78 is 18.7. The lowest BCUT2D eigenvalue weighted by Gasteiger charge is -2.28. The normalized spacial score (nSPS) is 18.0. The van der Waals surface area contributed by atoms with Crippen LogP contribution in [0.4, 0.5) is 11.9 Å². The van der Waals surface area contributed by atoms with Gasteiger partial charge in [-0.3, -0.25) is 9.48 Å². The number of fused-ring (bicyclic) bond motifs is 1. The first kappa shape index (κ1) is 17.4. The summed E-state index contributed by atoms with van der Waals surface area (Å²) in [5.41, 5.74) is 6.34. The number of carbonyl (C=O) groups is 1. The maximum Gasteiger partial charge on any atom is 0.330 e. The highest BCUT2D eigenvalue weighted by Crippen LogP contribution is 2.27. The van der Waals surface area contributed by atoms with Gasteiger partial charge in [0.15, 0.2) is 0 Å². The molecule has 1 saturated carbocycles. The van der Waals surface area contributed by atoms with E-state index in [1.165, 1.54) is 18.8 Å². The second-order valence-corrected chi connectivity index (χ2v) is 8.71. The van der Waals surface area contributed by atoms with Gasteiger partial charge in [0.25, 0.3) is 0 Å². The first-order valence-electron chi connectivity index (χ1n) is 8.44. The van der Waals surface area contributed by atoms with Crippen molar-refractivity contribution in [1.82, 2.24) is 24.7 Å². The second-order valence-electron chi connectivity index (χ2n) is 6.49. The molecule has 0 aromatic carbocycles. The molecule has 2 aromatic rings. The summed E-state index contributed by atoms with van der Waals surface area (Å²) in [5.74, 6) is 5.50. The third-order valence-corrected chi connectivity index (χ3v) is 5.99. The van der Waals surface area contributed by atoms with Gasteiger partial charge in [-0.05, 0) is 18.8 Å². The molecule has 11 heteroatoms. The monoisotopic (exact) mass is 386 g/mol. The van der Waals surface area contributed by atoms with Crippen molar-refractivity contribution >= 4 is 27.5 Å². The van der Waals surface area contributed by atoms with Crippen molar-refractivity contribution in [1.29, 1.82) is 0 Å². The summed E-state index contributed by atoms with van der Waals surface area (Å²) in [6.07, 6.45) is 6.31. The fourth-order valence-electron chi connectivity index (χ4n) is 2.78. The summed E-state index contributed by atoms with van der Waals surface area (Å²) in [6, 6.07) is 0. The Hall–Kier alpha value is -3.00. The van der Waals surface area contributed by atoms with Crippen LogP contribution in [0.5, 0.6) is 0 Å². The molecule has 0 radical (unpaired) electrons. The molecule has 1 aliphatic heterocycles. The highest BCUT2D eigenvalue weighted by atomic mass is 32.2. The minimum atomic E-state index is -2.96. The van der Waals surface area contributed by atoms with Gasteiger partial charge in [0.2, 0.25) is 11.9 Å². The van der Waals surface area contributed by atoms with Crippen LogP contribution in [0.3, 0.4) is 0 Å². The van der Waals surface area contributed by atoms with Crippen LogP contribution in [0, 0.1) is 17.8 Å². The van der Waals surface area contributed by atoms with Crippen molar-refractivity contribution < 1.29 is 9.00 Å². The number of nitrogen functional groups attached to an aromatic ring is 1. The molecule has 1 unspecified atom stereocenters. The van der Waals surface area contributed by atoms with Gasteiger partial charge in [0, 0.05) is 18.7 Å². The molecule has 1 aliphatic carbocycles. The number of anilines is 2. The van der Waals surface area contributed by atoms with Crippen LogP contribution < -0.4 is 10.6 Å². The molecular weight excluding hydrogens is 368 g/mol. The Morgan fingerprint density at radius 3 is 2.93 bits per heavy atom. The lowest BCUT2D eigenvalue weighted by Crippen LogP contribution is -2.35.